The predicted octanol–water partition coefficient (Wildman–Crippen LogP) is 7.63. The minimum Gasteiger partial charge on any atom is -0.481 e. The molecule has 1 N–H and O–H groups in total. The summed E-state index contributed by atoms with van der Waals surface area (Å²) in [5.74, 6) is 1.04. The number of anilines is 1. The zero-order valence-corrected chi connectivity index (χ0v) is 25.6. The molecule has 1 heterocycles. The van der Waals surface area contributed by atoms with Crippen LogP contribution in [0.3, 0.4) is 0 Å². The molecule has 5 rings (SSSR count). The van der Waals surface area contributed by atoms with Crippen LogP contribution in [0.5, 0.6) is 5.75 Å². The SMILES string of the molecule is CC1(C)CC(=O)C2=C(C1)OC1=C(C(=O)CC(C)(C)C1)C2c1cc(Br)c(OCC(=O)Nc2ccccc2)c(Br)c1. The van der Waals surface area contributed by atoms with Crippen molar-refractivity contribution in [1.82, 2.24) is 0 Å². The maximum Gasteiger partial charge on any atom is 0.262 e. The number of carbonyl (C=O) groups is 3. The Bertz CT molecular complexity index is 1360. The number of halogens is 2. The fourth-order valence-corrected chi connectivity index (χ4v) is 7.20. The molecule has 0 unspecified atom stereocenters. The number of allylic oxidation sites excluding steroid dienone is 4. The van der Waals surface area contributed by atoms with Gasteiger partial charge in [0.15, 0.2) is 18.2 Å². The summed E-state index contributed by atoms with van der Waals surface area (Å²) in [6.45, 7) is 8.09. The van der Waals surface area contributed by atoms with Gasteiger partial charge in [-0.05, 0) is 72.5 Å². The van der Waals surface area contributed by atoms with E-state index in [0.29, 0.717) is 68.7 Å². The summed E-state index contributed by atoms with van der Waals surface area (Å²) in [5, 5.41) is 2.80. The molecule has 0 bridgehead atoms. The number of amides is 1. The largest absolute Gasteiger partial charge is 0.481 e. The van der Waals surface area contributed by atoms with Gasteiger partial charge in [-0.25, -0.2) is 0 Å². The van der Waals surface area contributed by atoms with Crippen LogP contribution >= 0.6 is 31.9 Å². The fourth-order valence-electron chi connectivity index (χ4n) is 5.75. The molecule has 2 aliphatic carbocycles. The Kier molecular flexibility index (Phi) is 7.40. The quantitative estimate of drug-likeness (QED) is 0.358. The third kappa shape index (κ3) is 5.78. The Morgan fingerprint density at radius 2 is 1.41 bits per heavy atom. The molecule has 0 radical (unpaired) electrons. The van der Waals surface area contributed by atoms with Crippen molar-refractivity contribution in [2.45, 2.75) is 59.3 Å². The van der Waals surface area contributed by atoms with Gasteiger partial charge >= 0.3 is 0 Å². The Balaban J connectivity index is 1.49. The number of hydrogen-bond acceptors (Lipinski definition) is 5. The van der Waals surface area contributed by atoms with Crippen LogP contribution in [-0.4, -0.2) is 24.1 Å². The number of hydrogen-bond donors (Lipinski definition) is 1. The predicted molar refractivity (Wildman–Crippen MR) is 156 cm³/mol. The van der Waals surface area contributed by atoms with E-state index in [1.807, 2.05) is 30.3 Å². The molecule has 0 atom stereocenters. The van der Waals surface area contributed by atoms with E-state index in [2.05, 4.69) is 64.9 Å². The van der Waals surface area contributed by atoms with E-state index in [0.717, 1.165) is 5.56 Å². The standard InChI is InChI=1S/C31H31Br2NO5/c1-30(2)12-21(35)27-23(14-30)39-24-15-31(3,4)13-22(36)28(24)26(27)17-10-19(32)29(20(33)11-17)38-16-25(37)34-18-8-6-5-7-9-18/h5-11,26H,12-16H2,1-4H3,(H,34,37). The molecule has 204 valence electrons. The molecule has 0 saturated heterocycles. The minimum atomic E-state index is -0.515. The summed E-state index contributed by atoms with van der Waals surface area (Å²) in [4.78, 5) is 39.5. The van der Waals surface area contributed by atoms with Crippen LogP contribution in [0.25, 0.3) is 0 Å². The van der Waals surface area contributed by atoms with Crippen LogP contribution < -0.4 is 10.1 Å². The maximum atomic E-state index is 13.5. The van der Waals surface area contributed by atoms with Gasteiger partial charge in [-0.1, -0.05) is 45.9 Å². The molecular formula is C31H31Br2NO5. The van der Waals surface area contributed by atoms with E-state index in [4.69, 9.17) is 9.47 Å². The smallest absolute Gasteiger partial charge is 0.262 e. The Labute approximate surface area is 245 Å². The summed E-state index contributed by atoms with van der Waals surface area (Å²) < 4.78 is 13.5. The van der Waals surface area contributed by atoms with Gasteiger partial charge in [-0.15, -0.1) is 0 Å². The van der Waals surface area contributed by atoms with Crippen molar-refractivity contribution in [1.29, 1.82) is 0 Å². The number of benzene rings is 2. The van der Waals surface area contributed by atoms with Gasteiger partial charge in [-0.3, -0.25) is 14.4 Å². The van der Waals surface area contributed by atoms with Crippen LogP contribution in [0, 0.1) is 10.8 Å². The summed E-state index contributed by atoms with van der Waals surface area (Å²) in [6.07, 6.45) is 2.06. The molecular weight excluding hydrogens is 626 g/mol. The van der Waals surface area contributed by atoms with Crippen molar-refractivity contribution < 1.29 is 23.9 Å². The number of ketones is 2. The van der Waals surface area contributed by atoms with E-state index < -0.39 is 5.92 Å². The number of Topliss-reactive ketones (excluding diaryl/α,β-unsaturated/α-hetero) is 2. The summed E-state index contributed by atoms with van der Waals surface area (Å²) in [7, 11) is 0. The number of ether oxygens (including phenoxy) is 2. The number of para-hydroxylation sites is 1. The molecule has 0 spiro atoms. The Morgan fingerprint density at radius 1 is 0.897 bits per heavy atom. The molecule has 1 amide bonds. The van der Waals surface area contributed by atoms with Gasteiger partial charge in [0.1, 0.15) is 17.3 Å². The highest BCUT2D eigenvalue weighted by atomic mass is 79.9. The lowest BCUT2D eigenvalue weighted by molar-refractivity contribution is -0.120. The second-order valence-corrected chi connectivity index (χ2v) is 13.8. The maximum absolute atomic E-state index is 13.5. The molecule has 39 heavy (non-hydrogen) atoms. The number of carbonyl (C=O) groups excluding carboxylic acids is 3. The molecule has 3 aliphatic rings. The lowest BCUT2D eigenvalue weighted by atomic mass is 9.65. The average molecular weight is 657 g/mol. The molecule has 2 aromatic carbocycles. The average Bonchev–Trinajstić information content (AvgIpc) is 2.81. The molecule has 0 saturated carbocycles. The first-order valence-electron chi connectivity index (χ1n) is 13.0. The molecule has 0 aromatic heterocycles. The summed E-state index contributed by atoms with van der Waals surface area (Å²) >= 11 is 7.21. The lowest BCUT2D eigenvalue weighted by Gasteiger charge is -2.42. The van der Waals surface area contributed by atoms with Gasteiger partial charge in [0, 0.05) is 48.4 Å². The van der Waals surface area contributed by atoms with E-state index in [1.165, 1.54) is 0 Å². The lowest BCUT2D eigenvalue weighted by Crippen LogP contribution is -2.37. The monoisotopic (exact) mass is 655 g/mol. The Hall–Kier alpha value is -2.71. The minimum absolute atomic E-state index is 0.0144. The molecule has 0 fully saturated rings. The van der Waals surface area contributed by atoms with E-state index >= 15 is 0 Å². The first-order valence-corrected chi connectivity index (χ1v) is 14.6. The van der Waals surface area contributed by atoms with E-state index in [1.54, 1.807) is 12.1 Å². The van der Waals surface area contributed by atoms with Crippen molar-refractivity contribution in [3.05, 3.63) is 79.6 Å². The van der Waals surface area contributed by atoms with Crippen molar-refractivity contribution in [2.24, 2.45) is 10.8 Å². The van der Waals surface area contributed by atoms with Crippen LogP contribution in [0.15, 0.2) is 74.1 Å². The number of nitrogens with one attached hydrogen (secondary N) is 1. The van der Waals surface area contributed by atoms with Crippen molar-refractivity contribution in [2.75, 3.05) is 11.9 Å². The summed E-state index contributed by atoms with van der Waals surface area (Å²) in [5.41, 5.74) is 2.21. The first kappa shape index (κ1) is 27.8. The second-order valence-electron chi connectivity index (χ2n) is 12.1. The number of rotatable bonds is 5. The van der Waals surface area contributed by atoms with E-state index in [9.17, 15) is 14.4 Å². The van der Waals surface area contributed by atoms with E-state index in [-0.39, 0.29) is 34.9 Å². The molecule has 6 nitrogen and oxygen atoms in total. The second kappa shape index (κ2) is 10.4. The third-order valence-corrected chi connectivity index (χ3v) is 8.52. The zero-order valence-electron chi connectivity index (χ0n) is 22.5. The third-order valence-electron chi connectivity index (χ3n) is 7.34. The van der Waals surface area contributed by atoms with Gasteiger partial charge in [-0.2, -0.15) is 0 Å². The van der Waals surface area contributed by atoms with Gasteiger partial charge < -0.3 is 14.8 Å². The van der Waals surface area contributed by atoms with Crippen LogP contribution in [0.4, 0.5) is 5.69 Å². The topological polar surface area (TPSA) is 81.7 Å². The Morgan fingerprint density at radius 3 is 1.92 bits per heavy atom. The van der Waals surface area contributed by atoms with Gasteiger partial charge in [0.25, 0.3) is 5.91 Å². The molecule has 1 aliphatic heterocycles. The zero-order chi connectivity index (χ0) is 28.1. The van der Waals surface area contributed by atoms with Crippen molar-refractivity contribution in [3.63, 3.8) is 0 Å². The van der Waals surface area contributed by atoms with Crippen molar-refractivity contribution >= 4 is 55.0 Å². The highest BCUT2D eigenvalue weighted by Gasteiger charge is 2.48. The molecule has 8 heteroatoms. The fraction of sp³-hybridized carbons (Fsp3) is 0.387. The van der Waals surface area contributed by atoms with Gasteiger partial charge in [0.05, 0.1) is 8.95 Å². The normalized spacial score (nSPS) is 20.3. The highest BCUT2D eigenvalue weighted by molar-refractivity contribution is 9.11. The summed E-state index contributed by atoms with van der Waals surface area (Å²) in [6, 6.07) is 12.9. The van der Waals surface area contributed by atoms with Crippen LogP contribution in [0.2, 0.25) is 0 Å². The highest BCUT2D eigenvalue weighted by Crippen LogP contribution is 2.54. The van der Waals surface area contributed by atoms with Crippen LogP contribution in [0.1, 0.15) is 64.9 Å². The van der Waals surface area contributed by atoms with Crippen LogP contribution in [-0.2, 0) is 19.1 Å². The first-order chi connectivity index (χ1) is 18.3. The van der Waals surface area contributed by atoms with Crippen molar-refractivity contribution in [3.8, 4) is 5.75 Å². The van der Waals surface area contributed by atoms with Gasteiger partial charge in [0.2, 0.25) is 0 Å². The molecule has 2 aromatic rings.